The number of aryl methyl sites for hydroxylation is 1. The van der Waals surface area contributed by atoms with Gasteiger partial charge in [0.1, 0.15) is 0 Å². The highest BCUT2D eigenvalue weighted by molar-refractivity contribution is 6.23. The molecule has 1 aromatic rings. The molecule has 4 rings (SSSR count). The maximum absolute atomic E-state index is 12.7. The van der Waals surface area contributed by atoms with E-state index in [0.717, 1.165) is 5.56 Å². The highest BCUT2D eigenvalue weighted by Gasteiger charge is 2.66. The highest BCUT2D eigenvalue weighted by Crippen LogP contribution is 2.52. The molecule has 3 aliphatic heterocycles. The summed E-state index contributed by atoms with van der Waals surface area (Å²) in [6.45, 7) is 3.80. The highest BCUT2D eigenvalue weighted by atomic mass is 16.5. The van der Waals surface area contributed by atoms with E-state index in [4.69, 9.17) is 4.74 Å². The van der Waals surface area contributed by atoms with Gasteiger partial charge in [-0.1, -0.05) is 30.4 Å². The van der Waals surface area contributed by atoms with E-state index in [9.17, 15) is 9.59 Å². The zero-order valence-electron chi connectivity index (χ0n) is 11.4. The fourth-order valence-electron chi connectivity index (χ4n) is 3.70. The Hall–Kier alpha value is -1.94. The Kier molecular flexibility index (Phi) is 2.12. The van der Waals surface area contributed by atoms with Crippen molar-refractivity contribution >= 4 is 17.5 Å². The average molecular weight is 269 g/mol. The fourth-order valence-corrected chi connectivity index (χ4v) is 3.70. The molecule has 4 atom stereocenters. The maximum atomic E-state index is 12.7. The largest absolute Gasteiger partial charge is 0.362 e. The van der Waals surface area contributed by atoms with Gasteiger partial charge in [0.15, 0.2) is 0 Å². The summed E-state index contributed by atoms with van der Waals surface area (Å²) in [6.07, 6.45) is 3.58. The monoisotopic (exact) mass is 269 g/mol. The molecule has 4 heteroatoms. The smallest absolute Gasteiger partial charge is 0.241 e. The summed E-state index contributed by atoms with van der Waals surface area (Å²) in [6, 6.07) is 7.49. The van der Waals surface area contributed by atoms with Crippen molar-refractivity contribution in [2.24, 2.45) is 11.8 Å². The first kappa shape index (κ1) is 11.9. The van der Waals surface area contributed by atoms with Crippen molar-refractivity contribution in [2.75, 3.05) is 4.90 Å². The van der Waals surface area contributed by atoms with E-state index in [2.05, 4.69) is 0 Å². The van der Waals surface area contributed by atoms with Gasteiger partial charge in [0.05, 0.1) is 29.2 Å². The summed E-state index contributed by atoms with van der Waals surface area (Å²) >= 11 is 0. The minimum atomic E-state index is -0.625. The maximum Gasteiger partial charge on any atom is 0.241 e. The summed E-state index contributed by atoms with van der Waals surface area (Å²) < 4.78 is 5.80. The van der Waals surface area contributed by atoms with Crippen LogP contribution in [-0.4, -0.2) is 23.5 Å². The average Bonchev–Trinajstić information content (AvgIpc) is 3.01. The summed E-state index contributed by atoms with van der Waals surface area (Å²) in [4.78, 5) is 26.8. The number of anilines is 1. The first-order valence-corrected chi connectivity index (χ1v) is 6.83. The molecule has 0 radical (unpaired) electrons. The van der Waals surface area contributed by atoms with Gasteiger partial charge in [0, 0.05) is 0 Å². The number of benzene rings is 1. The van der Waals surface area contributed by atoms with Crippen LogP contribution in [0.25, 0.3) is 0 Å². The van der Waals surface area contributed by atoms with E-state index < -0.39 is 5.60 Å². The van der Waals surface area contributed by atoms with E-state index in [1.54, 1.807) is 0 Å². The Labute approximate surface area is 117 Å². The van der Waals surface area contributed by atoms with Gasteiger partial charge in [0.2, 0.25) is 11.8 Å². The normalized spacial score (nSPS) is 37.9. The van der Waals surface area contributed by atoms with Gasteiger partial charge in [-0.25, -0.2) is 4.90 Å². The molecule has 20 heavy (non-hydrogen) atoms. The number of fused-ring (bicyclic) bond motifs is 5. The third kappa shape index (κ3) is 1.25. The number of rotatable bonds is 1. The lowest BCUT2D eigenvalue weighted by Gasteiger charge is -2.24. The number of hydrogen-bond donors (Lipinski definition) is 0. The molecule has 3 aliphatic rings. The van der Waals surface area contributed by atoms with E-state index in [1.807, 2.05) is 50.3 Å². The van der Waals surface area contributed by atoms with Gasteiger partial charge >= 0.3 is 0 Å². The van der Waals surface area contributed by atoms with Gasteiger partial charge in [-0.05, 0) is 25.5 Å². The van der Waals surface area contributed by atoms with Crippen LogP contribution in [0, 0.1) is 18.8 Å². The number of carbonyl (C=O) groups excluding carboxylic acids is 2. The topological polar surface area (TPSA) is 46.6 Å². The molecule has 0 aromatic heterocycles. The van der Waals surface area contributed by atoms with E-state index in [0.29, 0.717) is 5.69 Å². The Morgan fingerprint density at radius 1 is 1.20 bits per heavy atom. The summed E-state index contributed by atoms with van der Waals surface area (Å²) in [5.74, 6) is -1.02. The van der Waals surface area contributed by atoms with Crippen LogP contribution in [-0.2, 0) is 14.3 Å². The van der Waals surface area contributed by atoms with Crippen LogP contribution >= 0.6 is 0 Å². The van der Waals surface area contributed by atoms with Crippen LogP contribution in [0.15, 0.2) is 36.4 Å². The lowest BCUT2D eigenvalue weighted by Crippen LogP contribution is -2.38. The molecule has 0 saturated carbocycles. The van der Waals surface area contributed by atoms with Crippen LogP contribution in [0.5, 0.6) is 0 Å². The van der Waals surface area contributed by atoms with Gasteiger partial charge < -0.3 is 4.74 Å². The Balaban J connectivity index is 1.82. The molecular weight excluding hydrogens is 254 g/mol. The van der Waals surface area contributed by atoms with E-state index in [1.165, 1.54) is 4.90 Å². The molecule has 0 unspecified atom stereocenters. The van der Waals surface area contributed by atoms with Crippen LogP contribution in [0.4, 0.5) is 5.69 Å². The number of hydrogen-bond acceptors (Lipinski definition) is 3. The van der Waals surface area contributed by atoms with E-state index in [-0.39, 0.29) is 29.8 Å². The number of nitrogens with zero attached hydrogens (tertiary/aromatic N) is 1. The molecule has 102 valence electrons. The predicted molar refractivity (Wildman–Crippen MR) is 73.1 cm³/mol. The zero-order valence-corrected chi connectivity index (χ0v) is 11.4. The van der Waals surface area contributed by atoms with Gasteiger partial charge in [0.25, 0.3) is 0 Å². The lowest BCUT2D eigenvalue weighted by atomic mass is 9.78. The second-order valence-corrected chi connectivity index (χ2v) is 5.93. The molecule has 3 heterocycles. The van der Waals surface area contributed by atoms with Crippen LogP contribution in [0.3, 0.4) is 0 Å². The molecule has 2 bridgehead atoms. The molecule has 2 amide bonds. The van der Waals surface area contributed by atoms with Crippen molar-refractivity contribution in [1.29, 1.82) is 0 Å². The third-order valence-corrected chi connectivity index (χ3v) is 4.69. The summed E-state index contributed by atoms with van der Waals surface area (Å²) in [5.41, 5.74) is 1.000. The van der Waals surface area contributed by atoms with E-state index >= 15 is 0 Å². The van der Waals surface area contributed by atoms with Crippen LogP contribution < -0.4 is 4.90 Å². The molecular formula is C16H15NO3. The molecule has 0 N–H and O–H groups in total. The molecule has 1 aromatic carbocycles. The lowest BCUT2D eigenvalue weighted by molar-refractivity contribution is -0.126. The second kappa shape index (κ2) is 3.58. The number of para-hydroxylation sites is 1. The van der Waals surface area contributed by atoms with Gasteiger partial charge in [-0.15, -0.1) is 0 Å². The van der Waals surface area contributed by atoms with Crippen LogP contribution in [0.1, 0.15) is 12.5 Å². The SMILES string of the molecule is Cc1ccccc1N1C(=O)[C@@H]2[C@@H](C1=O)[C@@]1(C)C=C[C@H]2O1. The van der Waals surface area contributed by atoms with Crippen molar-refractivity contribution in [3.63, 3.8) is 0 Å². The zero-order chi connectivity index (χ0) is 14.1. The first-order chi connectivity index (χ1) is 9.53. The Morgan fingerprint density at radius 3 is 2.65 bits per heavy atom. The minimum Gasteiger partial charge on any atom is -0.362 e. The van der Waals surface area contributed by atoms with Gasteiger partial charge in [-0.3, -0.25) is 9.59 Å². The minimum absolute atomic E-state index is 0.132. The number of ether oxygens (including phenoxy) is 1. The van der Waals surface area contributed by atoms with Crippen molar-refractivity contribution in [3.05, 3.63) is 42.0 Å². The van der Waals surface area contributed by atoms with Crippen LogP contribution in [0.2, 0.25) is 0 Å². The predicted octanol–water partition coefficient (Wildman–Crippen LogP) is 1.83. The van der Waals surface area contributed by atoms with Crippen molar-refractivity contribution in [3.8, 4) is 0 Å². The number of imide groups is 1. The van der Waals surface area contributed by atoms with Crippen molar-refractivity contribution < 1.29 is 14.3 Å². The number of carbonyl (C=O) groups is 2. The van der Waals surface area contributed by atoms with Crippen molar-refractivity contribution in [1.82, 2.24) is 0 Å². The molecule has 0 spiro atoms. The summed E-state index contributed by atoms with van der Waals surface area (Å²) in [5, 5.41) is 0. The van der Waals surface area contributed by atoms with Crippen molar-refractivity contribution in [2.45, 2.75) is 25.6 Å². The first-order valence-electron chi connectivity index (χ1n) is 6.83. The molecule has 2 fully saturated rings. The molecule has 0 aliphatic carbocycles. The number of amides is 2. The molecule has 2 saturated heterocycles. The standard InChI is InChI=1S/C16H15NO3/c1-9-5-3-4-6-10(9)17-14(18)12-11-7-8-16(2,20-11)13(12)15(17)19/h3-8,11-13H,1-2H3/t11-,12+,13+,16-/m1/s1. The Morgan fingerprint density at radius 2 is 1.95 bits per heavy atom. The molecule has 4 nitrogen and oxygen atoms in total. The second-order valence-electron chi connectivity index (χ2n) is 5.93. The fraction of sp³-hybridized carbons (Fsp3) is 0.375. The summed E-state index contributed by atoms with van der Waals surface area (Å²) in [7, 11) is 0. The quantitative estimate of drug-likeness (QED) is 0.577. The Bertz CT molecular complexity index is 665. The van der Waals surface area contributed by atoms with Gasteiger partial charge in [-0.2, -0.15) is 0 Å². The third-order valence-electron chi connectivity index (χ3n) is 4.69.